The number of benzene rings is 1. The lowest BCUT2D eigenvalue weighted by molar-refractivity contribution is -0.917. The molecular formula is C21H27N2O2S+. The number of amides is 1. The second-order valence-corrected chi connectivity index (χ2v) is 8.56. The summed E-state index contributed by atoms with van der Waals surface area (Å²) in [7, 11) is 0. The third kappa shape index (κ3) is 3.51. The van der Waals surface area contributed by atoms with Gasteiger partial charge in [-0.3, -0.25) is 4.79 Å². The van der Waals surface area contributed by atoms with Crippen LogP contribution in [0.15, 0.2) is 24.3 Å². The Hall–Kier alpha value is -1.85. The molecule has 0 saturated carbocycles. The first-order valence-corrected chi connectivity index (χ1v) is 10.4. The molecule has 0 aliphatic carbocycles. The maximum absolute atomic E-state index is 12.8. The monoisotopic (exact) mass is 371 g/mol. The molecule has 1 fully saturated rings. The van der Waals surface area contributed by atoms with E-state index in [9.17, 15) is 4.79 Å². The van der Waals surface area contributed by atoms with E-state index in [2.05, 4.69) is 38.1 Å². The molecule has 26 heavy (non-hydrogen) atoms. The number of fused-ring (bicyclic) bond motifs is 1. The Balaban J connectivity index is 1.34. The zero-order valence-electron chi connectivity index (χ0n) is 15.6. The summed E-state index contributed by atoms with van der Waals surface area (Å²) < 4.78 is 5.59. The number of carbonyl (C=O) groups is 1. The zero-order chi connectivity index (χ0) is 18.1. The molecular weight excluding hydrogens is 344 g/mol. The van der Waals surface area contributed by atoms with E-state index >= 15 is 0 Å². The van der Waals surface area contributed by atoms with Crippen molar-refractivity contribution in [3.63, 3.8) is 0 Å². The molecule has 4 rings (SSSR count). The van der Waals surface area contributed by atoms with E-state index in [1.54, 1.807) is 16.2 Å². The van der Waals surface area contributed by atoms with Gasteiger partial charge in [0, 0.05) is 16.9 Å². The minimum absolute atomic E-state index is 0.214. The van der Waals surface area contributed by atoms with Crippen LogP contribution in [0.5, 0.6) is 5.75 Å². The average Bonchev–Trinajstić information content (AvgIpc) is 3.27. The summed E-state index contributed by atoms with van der Waals surface area (Å²) in [6.45, 7) is 9.85. The van der Waals surface area contributed by atoms with E-state index in [-0.39, 0.29) is 5.91 Å². The molecule has 0 spiro atoms. The summed E-state index contributed by atoms with van der Waals surface area (Å²) in [6.07, 6.45) is 2.03. The van der Waals surface area contributed by atoms with Crippen molar-refractivity contribution in [1.82, 2.24) is 4.90 Å². The van der Waals surface area contributed by atoms with E-state index in [0.29, 0.717) is 0 Å². The number of rotatable bonds is 4. The van der Waals surface area contributed by atoms with Gasteiger partial charge in [-0.25, -0.2) is 0 Å². The summed E-state index contributed by atoms with van der Waals surface area (Å²) in [5.41, 5.74) is 4.03. The Labute approximate surface area is 159 Å². The Morgan fingerprint density at radius 3 is 2.81 bits per heavy atom. The maximum atomic E-state index is 12.8. The van der Waals surface area contributed by atoms with E-state index < -0.39 is 0 Å². The van der Waals surface area contributed by atoms with Crippen LogP contribution < -0.4 is 9.64 Å². The molecule has 4 nitrogen and oxygen atoms in total. The van der Waals surface area contributed by atoms with Crippen LogP contribution >= 0.6 is 11.3 Å². The lowest BCUT2D eigenvalue weighted by Crippen LogP contribution is -3.13. The summed E-state index contributed by atoms with van der Waals surface area (Å²) in [6, 6.07) is 8.69. The number of nitrogens with one attached hydrogen (secondary N) is 1. The van der Waals surface area contributed by atoms with Crippen LogP contribution in [0.4, 0.5) is 0 Å². The molecule has 0 radical (unpaired) electrons. The number of thiophene rings is 1. The van der Waals surface area contributed by atoms with E-state index in [1.165, 1.54) is 21.6 Å². The minimum Gasteiger partial charge on any atom is -0.493 e. The quantitative estimate of drug-likeness (QED) is 0.893. The van der Waals surface area contributed by atoms with Crippen LogP contribution in [0.3, 0.4) is 0 Å². The number of aryl methyl sites for hydroxylation is 2. The molecule has 1 aromatic heterocycles. The van der Waals surface area contributed by atoms with Crippen LogP contribution in [0.2, 0.25) is 0 Å². The van der Waals surface area contributed by atoms with Gasteiger partial charge in [-0.1, -0.05) is 6.92 Å². The van der Waals surface area contributed by atoms with Gasteiger partial charge in [0.15, 0.2) is 0 Å². The largest absolute Gasteiger partial charge is 0.493 e. The summed E-state index contributed by atoms with van der Waals surface area (Å²) in [5, 5.41) is 0. The highest BCUT2D eigenvalue weighted by Gasteiger charge is 2.26. The average molecular weight is 372 g/mol. The van der Waals surface area contributed by atoms with Crippen LogP contribution in [0.1, 0.15) is 38.2 Å². The second kappa shape index (κ2) is 7.41. The number of piperazine rings is 1. The van der Waals surface area contributed by atoms with Gasteiger partial charge in [-0.2, -0.15) is 0 Å². The van der Waals surface area contributed by atoms with E-state index in [4.69, 9.17) is 4.74 Å². The van der Waals surface area contributed by atoms with Crippen LogP contribution in [0.25, 0.3) is 0 Å². The molecule has 1 aromatic carbocycles. The smallest absolute Gasteiger partial charge is 0.264 e. The highest BCUT2D eigenvalue weighted by Crippen LogP contribution is 2.26. The number of hydrogen-bond donors (Lipinski definition) is 1. The molecule has 0 unspecified atom stereocenters. The van der Waals surface area contributed by atoms with Crippen LogP contribution in [-0.4, -0.2) is 43.6 Å². The molecule has 138 valence electrons. The number of hydrogen-bond acceptors (Lipinski definition) is 3. The zero-order valence-corrected chi connectivity index (χ0v) is 16.5. The number of quaternary nitrogens is 1. The lowest BCUT2D eigenvalue weighted by atomic mass is 10.1. The second-order valence-electron chi connectivity index (χ2n) is 7.31. The topological polar surface area (TPSA) is 34.0 Å². The number of ether oxygens (including phenoxy) is 1. The third-order valence-corrected chi connectivity index (χ3v) is 6.66. The van der Waals surface area contributed by atoms with Crippen molar-refractivity contribution >= 4 is 17.2 Å². The minimum atomic E-state index is 0.214. The highest BCUT2D eigenvalue weighted by atomic mass is 32.1. The van der Waals surface area contributed by atoms with Crippen molar-refractivity contribution in [3.05, 3.63) is 50.7 Å². The molecule has 1 N–H and O–H groups in total. The SMILES string of the molecule is CCc1cc(C(=O)N2CC[NH+](Cc3ccc4c(c3)CCO4)CC2)sc1C. The fourth-order valence-corrected chi connectivity index (χ4v) is 5.06. The van der Waals surface area contributed by atoms with Crippen molar-refractivity contribution in [3.8, 4) is 5.75 Å². The van der Waals surface area contributed by atoms with Gasteiger partial charge < -0.3 is 14.5 Å². The number of nitrogens with zero attached hydrogens (tertiary/aromatic N) is 1. The van der Waals surface area contributed by atoms with Crippen molar-refractivity contribution in [2.75, 3.05) is 32.8 Å². The third-order valence-electron chi connectivity index (χ3n) is 5.58. The Bertz CT molecular complexity index is 806. The van der Waals surface area contributed by atoms with Gasteiger partial charge in [0.25, 0.3) is 5.91 Å². The first-order chi connectivity index (χ1) is 12.6. The van der Waals surface area contributed by atoms with E-state index in [0.717, 1.165) is 62.8 Å². The molecule has 2 aliphatic heterocycles. The van der Waals surface area contributed by atoms with Crippen LogP contribution in [-0.2, 0) is 19.4 Å². The molecule has 1 amide bonds. The van der Waals surface area contributed by atoms with Gasteiger partial charge in [0.2, 0.25) is 0 Å². The van der Waals surface area contributed by atoms with Crippen molar-refractivity contribution in [2.24, 2.45) is 0 Å². The Morgan fingerprint density at radius 1 is 1.27 bits per heavy atom. The molecule has 3 heterocycles. The standard InChI is InChI=1S/C21H26N2O2S/c1-3-17-13-20(26-15(17)2)21(24)23-9-7-22(8-10-23)14-16-4-5-19-18(12-16)6-11-25-19/h4-5,12-13H,3,6-11,14H2,1-2H3/p+1. The van der Waals surface area contributed by atoms with Gasteiger partial charge >= 0.3 is 0 Å². The summed E-state index contributed by atoms with van der Waals surface area (Å²) in [5.74, 6) is 1.27. The van der Waals surface area contributed by atoms with Gasteiger partial charge in [0.05, 0.1) is 37.7 Å². The molecule has 2 aromatic rings. The molecule has 5 heteroatoms. The van der Waals surface area contributed by atoms with Gasteiger partial charge in [-0.05, 0) is 48.7 Å². The molecule has 1 saturated heterocycles. The van der Waals surface area contributed by atoms with E-state index in [1.807, 2.05) is 4.90 Å². The fraction of sp³-hybridized carbons (Fsp3) is 0.476. The van der Waals surface area contributed by atoms with Crippen molar-refractivity contribution in [1.29, 1.82) is 0 Å². The van der Waals surface area contributed by atoms with Gasteiger partial charge in [-0.15, -0.1) is 11.3 Å². The molecule has 0 bridgehead atoms. The first kappa shape index (κ1) is 17.6. The molecule has 0 atom stereocenters. The van der Waals surface area contributed by atoms with Crippen molar-refractivity contribution in [2.45, 2.75) is 33.2 Å². The van der Waals surface area contributed by atoms with Crippen molar-refractivity contribution < 1.29 is 14.4 Å². The predicted molar refractivity (Wildman–Crippen MR) is 104 cm³/mol. The fourth-order valence-electron chi connectivity index (χ4n) is 3.97. The molecule has 2 aliphatic rings. The lowest BCUT2D eigenvalue weighted by Gasteiger charge is -2.32. The highest BCUT2D eigenvalue weighted by molar-refractivity contribution is 7.14. The summed E-state index contributed by atoms with van der Waals surface area (Å²) >= 11 is 1.65. The Morgan fingerprint density at radius 2 is 2.08 bits per heavy atom. The van der Waals surface area contributed by atoms with Gasteiger partial charge in [0.1, 0.15) is 12.3 Å². The maximum Gasteiger partial charge on any atom is 0.264 e. The number of carbonyl (C=O) groups excluding carboxylic acids is 1. The normalized spacial score (nSPS) is 17.2. The summed E-state index contributed by atoms with van der Waals surface area (Å²) in [4.78, 5) is 18.6. The Kier molecular flexibility index (Phi) is 5.00. The predicted octanol–water partition coefficient (Wildman–Crippen LogP) is 2.09. The van der Waals surface area contributed by atoms with Crippen LogP contribution in [0, 0.1) is 6.92 Å². The first-order valence-electron chi connectivity index (χ1n) is 9.61.